The number of aryl methyl sites for hydroxylation is 1. The summed E-state index contributed by atoms with van der Waals surface area (Å²) in [6.45, 7) is 7.31. The molecule has 0 bridgehead atoms. The molecule has 24 heavy (non-hydrogen) atoms. The van der Waals surface area contributed by atoms with E-state index in [9.17, 15) is 13.2 Å². The summed E-state index contributed by atoms with van der Waals surface area (Å²) in [6, 6.07) is 6.78. The molecule has 2 aliphatic rings. The predicted octanol–water partition coefficient (Wildman–Crippen LogP) is 3.25. The van der Waals surface area contributed by atoms with E-state index in [4.69, 9.17) is 14.6 Å². The number of carboxylic acids is 1. The van der Waals surface area contributed by atoms with Crippen LogP contribution in [0.1, 0.15) is 42.9 Å². The number of hydrogen-bond acceptors (Lipinski definition) is 3. The zero-order chi connectivity index (χ0) is 18.0. The fraction of sp³-hybridized carbons (Fsp3) is 0.588. The number of rotatable bonds is 2. The first-order chi connectivity index (χ1) is 11.2. The van der Waals surface area contributed by atoms with Crippen molar-refractivity contribution in [3.05, 3.63) is 34.9 Å². The third kappa shape index (κ3) is 3.89. The molecule has 0 unspecified atom stereocenters. The van der Waals surface area contributed by atoms with Crippen LogP contribution < -0.4 is 5.32 Å². The molecule has 1 aromatic carbocycles. The maximum absolute atomic E-state index is 10.6. The Morgan fingerprint density at radius 1 is 1.46 bits per heavy atom. The molecular weight excluding hydrogens is 323 g/mol. The average molecular weight is 345 g/mol. The van der Waals surface area contributed by atoms with Crippen LogP contribution in [0.5, 0.6) is 0 Å². The zero-order valence-corrected chi connectivity index (χ0v) is 13.7. The number of carbonyl (C=O) groups is 1. The normalized spacial score (nSPS) is 25.3. The SMILES string of the molecule is CCCc1cccc2c1CO[C@]1(C)CNC[C@H]21.O=C(O)C(F)(F)F. The first-order valence-electron chi connectivity index (χ1n) is 7.94. The highest BCUT2D eigenvalue weighted by atomic mass is 19.4. The summed E-state index contributed by atoms with van der Waals surface area (Å²) in [7, 11) is 0. The minimum atomic E-state index is -5.08. The Kier molecular flexibility index (Phi) is 5.55. The van der Waals surface area contributed by atoms with Crippen molar-refractivity contribution in [2.24, 2.45) is 0 Å². The topological polar surface area (TPSA) is 58.6 Å². The number of nitrogens with one attached hydrogen (secondary N) is 1. The van der Waals surface area contributed by atoms with E-state index in [1.165, 1.54) is 29.5 Å². The van der Waals surface area contributed by atoms with Gasteiger partial charge in [-0.2, -0.15) is 13.2 Å². The van der Waals surface area contributed by atoms with Gasteiger partial charge in [-0.1, -0.05) is 31.5 Å². The van der Waals surface area contributed by atoms with Crippen molar-refractivity contribution in [2.75, 3.05) is 13.1 Å². The molecular formula is C17H22F3NO3. The summed E-state index contributed by atoms with van der Waals surface area (Å²) in [6.07, 6.45) is -2.71. The average Bonchev–Trinajstić information content (AvgIpc) is 2.89. The summed E-state index contributed by atoms with van der Waals surface area (Å²) < 4.78 is 37.9. The van der Waals surface area contributed by atoms with Crippen LogP contribution in [0.2, 0.25) is 0 Å². The van der Waals surface area contributed by atoms with Gasteiger partial charge in [0.25, 0.3) is 0 Å². The predicted molar refractivity (Wildman–Crippen MR) is 82.9 cm³/mol. The van der Waals surface area contributed by atoms with Crippen LogP contribution in [-0.2, 0) is 22.6 Å². The Bertz CT molecular complexity index is 603. The van der Waals surface area contributed by atoms with Gasteiger partial charge in [-0.25, -0.2) is 4.79 Å². The Morgan fingerprint density at radius 3 is 2.71 bits per heavy atom. The van der Waals surface area contributed by atoms with Gasteiger partial charge >= 0.3 is 12.1 Å². The molecule has 2 atom stereocenters. The lowest BCUT2D eigenvalue weighted by atomic mass is 9.80. The number of hydrogen-bond donors (Lipinski definition) is 2. The molecule has 2 heterocycles. The second-order valence-electron chi connectivity index (χ2n) is 6.32. The third-order valence-corrected chi connectivity index (χ3v) is 4.55. The summed E-state index contributed by atoms with van der Waals surface area (Å²) in [5, 5.41) is 10.6. The van der Waals surface area contributed by atoms with Crippen LogP contribution in [0.4, 0.5) is 13.2 Å². The van der Waals surface area contributed by atoms with Crippen molar-refractivity contribution in [1.82, 2.24) is 5.32 Å². The lowest BCUT2D eigenvalue weighted by Crippen LogP contribution is -2.40. The molecule has 1 fully saturated rings. The molecule has 0 radical (unpaired) electrons. The first-order valence-corrected chi connectivity index (χ1v) is 7.94. The lowest BCUT2D eigenvalue weighted by molar-refractivity contribution is -0.192. The van der Waals surface area contributed by atoms with Gasteiger partial charge in [-0.15, -0.1) is 0 Å². The standard InChI is InChI=1S/C15H21NO.C2HF3O2/c1-3-5-11-6-4-7-12-13(11)9-17-15(2)10-16-8-14(12)15;3-2(4,5)1(6)7/h4,6-7,14,16H,3,5,8-10H2,1-2H3;(H,6,7)/t14-,15-;/m1./s1. The summed E-state index contributed by atoms with van der Waals surface area (Å²) in [5.41, 5.74) is 4.48. The number of carboxylic acid groups (broad SMARTS) is 1. The highest BCUT2D eigenvalue weighted by molar-refractivity contribution is 5.73. The maximum Gasteiger partial charge on any atom is 0.490 e. The van der Waals surface area contributed by atoms with Crippen molar-refractivity contribution in [3.63, 3.8) is 0 Å². The number of ether oxygens (including phenoxy) is 1. The first kappa shape index (κ1) is 18.7. The maximum atomic E-state index is 10.6. The summed E-state index contributed by atoms with van der Waals surface area (Å²) >= 11 is 0. The van der Waals surface area contributed by atoms with Gasteiger partial charge in [0.2, 0.25) is 0 Å². The highest BCUT2D eigenvalue weighted by Gasteiger charge is 2.44. The fourth-order valence-corrected chi connectivity index (χ4v) is 3.29. The Hall–Kier alpha value is -1.60. The van der Waals surface area contributed by atoms with Crippen LogP contribution in [0.3, 0.4) is 0 Å². The van der Waals surface area contributed by atoms with Crippen molar-refractivity contribution in [3.8, 4) is 0 Å². The van der Waals surface area contributed by atoms with Gasteiger partial charge in [0.15, 0.2) is 0 Å². The molecule has 0 aromatic heterocycles. The summed E-state index contributed by atoms with van der Waals surface area (Å²) in [4.78, 5) is 8.90. The van der Waals surface area contributed by atoms with Crippen molar-refractivity contribution in [2.45, 2.75) is 51.0 Å². The van der Waals surface area contributed by atoms with Crippen LogP contribution >= 0.6 is 0 Å². The quantitative estimate of drug-likeness (QED) is 0.864. The van der Waals surface area contributed by atoms with E-state index in [1.54, 1.807) is 0 Å². The van der Waals surface area contributed by atoms with Crippen molar-refractivity contribution < 1.29 is 27.8 Å². The second kappa shape index (κ2) is 7.11. The van der Waals surface area contributed by atoms with Crippen LogP contribution in [-0.4, -0.2) is 35.9 Å². The van der Waals surface area contributed by atoms with Crippen molar-refractivity contribution >= 4 is 5.97 Å². The monoisotopic (exact) mass is 345 g/mol. The minimum Gasteiger partial charge on any atom is -0.475 e. The number of benzene rings is 1. The minimum absolute atomic E-state index is 0.0117. The van der Waals surface area contributed by atoms with Gasteiger partial charge < -0.3 is 15.2 Å². The summed E-state index contributed by atoms with van der Waals surface area (Å²) in [5.74, 6) is -2.23. The number of fused-ring (bicyclic) bond motifs is 3. The highest BCUT2D eigenvalue weighted by Crippen LogP contribution is 2.42. The van der Waals surface area contributed by atoms with E-state index in [1.807, 2.05) is 0 Å². The molecule has 0 amide bonds. The Labute approximate surface area is 139 Å². The number of aliphatic carboxylic acids is 1. The van der Waals surface area contributed by atoms with Gasteiger partial charge in [0.1, 0.15) is 0 Å². The van der Waals surface area contributed by atoms with Crippen LogP contribution in [0.15, 0.2) is 18.2 Å². The molecule has 4 nitrogen and oxygen atoms in total. The molecule has 2 N–H and O–H groups in total. The molecule has 0 aliphatic carbocycles. The van der Waals surface area contributed by atoms with E-state index in [-0.39, 0.29) is 5.60 Å². The second-order valence-corrected chi connectivity index (χ2v) is 6.32. The van der Waals surface area contributed by atoms with Crippen LogP contribution in [0, 0.1) is 0 Å². The fourth-order valence-electron chi connectivity index (χ4n) is 3.29. The number of alkyl halides is 3. The van der Waals surface area contributed by atoms with Gasteiger partial charge in [-0.05, 0) is 30.0 Å². The molecule has 1 aromatic rings. The zero-order valence-electron chi connectivity index (χ0n) is 13.7. The molecule has 0 saturated carbocycles. The van der Waals surface area contributed by atoms with Crippen LogP contribution in [0.25, 0.3) is 0 Å². The molecule has 2 aliphatic heterocycles. The molecule has 7 heteroatoms. The van der Waals surface area contributed by atoms with E-state index < -0.39 is 12.1 Å². The van der Waals surface area contributed by atoms with Gasteiger partial charge in [0, 0.05) is 19.0 Å². The lowest BCUT2D eigenvalue weighted by Gasteiger charge is -2.37. The smallest absolute Gasteiger partial charge is 0.475 e. The van der Waals surface area contributed by atoms with E-state index in [0.717, 1.165) is 19.7 Å². The largest absolute Gasteiger partial charge is 0.490 e. The van der Waals surface area contributed by atoms with Gasteiger partial charge in [0.05, 0.1) is 12.2 Å². The molecule has 134 valence electrons. The van der Waals surface area contributed by atoms with Crippen molar-refractivity contribution in [1.29, 1.82) is 0 Å². The van der Waals surface area contributed by atoms with Gasteiger partial charge in [-0.3, -0.25) is 0 Å². The molecule has 3 rings (SSSR count). The molecule has 1 saturated heterocycles. The molecule has 0 spiro atoms. The van der Waals surface area contributed by atoms with E-state index >= 15 is 0 Å². The van der Waals surface area contributed by atoms with E-state index in [2.05, 4.69) is 37.4 Å². The number of halogens is 3. The Balaban J connectivity index is 0.000000256. The third-order valence-electron chi connectivity index (χ3n) is 4.55. The van der Waals surface area contributed by atoms with E-state index in [0.29, 0.717) is 5.92 Å². The Morgan fingerprint density at radius 2 is 2.12 bits per heavy atom.